The van der Waals surface area contributed by atoms with E-state index >= 15 is 0 Å². The standard InChI is InChI=1S/C57H41N3/c1-37-13-11-16-39-17-12-24-56(57(37)39)60-53-23-10-8-21-47(53)49-35-42(27-31-55(49)60)41-26-30-51(58-44-29-25-38-14-5-6-15-40(38)33-44)48(34-41)43-28-32-54-50(36-43)46-20-7-9-22-52(46)59(54)45-18-3-2-4-19-45/h2-12,14-37,58H,13H2,1H3. The van der Waals surface area contributed by atoms with Gasteiger partial charge in [-0.2, -0.15) is 0 Å². The van der Waals surface area contributed by atoms with E-state index in [4.69, 9.17) is 0 Å². The van der Waals surface area contributed by atoms with Crippen LogP contribution in [0.2, 0.25) is 0 Å². The van der Waals surface area contributed by atoms with Gasteiger partial charge >= 0.3 is 0 Å². The Kier molecular flexibility index (Phi) is 7.89. The normalized spacial score (nSPS) is 13.8. The molecule has 1 aliphatic rings. The van der Waals surface area contributed by atoms with E-state index in [2.05, 4.69) is 228 Å². The fraction of sp³-hybridized carbons (Fsp3) is 0.0526. The summed E-state index contributed by atoms with van der Waals surface area (Å²) in [6.07, 6.45) is 5.66. The smallest absolute Gasteiger partial charge is 0.0541 e. The maximum Gasteiger partial charge on any atom is 0.0541 e. The van der Waals surface area contributed by atoms with E-state index in [1.807, 2.05) is 0 Å². The van der Waals surface area contributed by atoms with E-state index in [0.717, 1.165) is 29.0 Å². The van der Waals surface area contributed by atoms with Gasteiger partial charge in [0.05, 0.1) is 27.8 Å². The molecule has 12 rings (SSSR count). The zero-order valence-electron chi connectivity index (χ0n) is 33.3. The molecule has 3 heteroatoms. The minimum Gasteiger partial charge on any atom is -0.355 e. The first-order valence-electron chi connectivity index (χ1n) is 21.0. The highest BCUT2D eigenvalue weighted by Crippen LogP contribution is 2.43. The van der Waals surface area contributed by atoms with Gasteiger partial charge in [-0.1, -0.05) is 134 Å². The highest BCUT2D eigenvalue weighted by molar-refractivity contribution is 6.12. The van der Waals surface area contributed by atoms with E-state index in [1.54, 1.807) is 0 Å². The molecule has 60 heavy (non-hydrogen) atoms. The second-order valence-electron chi connectivity index (χ2n) is 16.3. The largest absolute Gasteiger partial charge is 0.355 e. The van der Waals surface area contributed by atoms with Crippen molar-refractivity contribution >= 4 is 71.8 Å². The van der Waals surface area contributed by atoms with Gasteiger partial charge in [-0.3, -0.25) is 0 Å². The Morgan fingerprint density at radius 3 is 1.92 bits per heavy atom. The number of benzene rings is 9. The number of allylic oxidation sites excluding steroid dienone is 1. The molecule has 0 radical (unpaired) electrons. The van der Waals surface area contributed by atoms with E-state index < -0.39 is 0 Å². The predicted octanol–water partition coefficient (Wildman–Crippen LogP) is 15.6. The summed E-state index contributed by atoms with van der Waals surface area (Å²) < 4.78 is 4.87. The Morgan fingerprint density at radius 2 is 1.10 bits per heavy atom. The molecule has 284 valence electrons. The lowest BCUT2D eigenvalue weighted by Crippen LogP contribution is -2.07. The first-order valence-corrected chi connectivity index (χ1v) is 21.0. The van der Waals surface area contributed by atoms with Crippen molar-refractivity contribution in [2.45, 2.75) is 19.3 Å². The van der Waals surface area contributed by atoms with Gasteiger partial charge in [0.1, 0.15) is 0 Å². The van der Waals surface area contributed by atoms with Crippen molar-refractivity contribution < 1.29 is 0 Å². The van der Waals surface area contributed by atoms with Crippen LogP contribution in [0.1, 0.15) is 30.4 Å². The molecule has 0 amide bonds. The zero-order valence-corrected chi connectivity index (χ0v) is 33.3. The van der Waals surface area contributed by atoms with Crippen molar-refractivity contribution in [2.24, 2.45) is 0 Å². The van der Waals surface area contributed by atoms with Gasteiger partial charge in [0, 0.05) is 44.2 Å². The summed E-state index contributed by atoms with van der Waals surface area (Å²) in [5.41, 5.74) is 16.9. The molecule has 0 fully saturated rings. The summed E-state index contributed by atoms with van der Waals surface area (Å²) in [7, 11) is 0. The molecule has 9 aromatic carbocycles. The van der Waals surface area contributed by atoms with Crippen LogP contribution in [-0.2, 0) is 0 Å². The van der Waals surface area contributed by atoms with Crippen molar-refractivity contribution in [3.05, 3.63) is 211 Å². The lowest BCUT2D eigenvalue weighted by Gasteiger charge is -2.23. The van der Waals surface area contributed by atoms with E-state index in [9.17, 15) is 0 Å². The summed E-state index contributed by atoms with van der Waals surface area (Å²) >= 11 is 0. The molecular weight excluding hydrogens is 727 g/mol. The number of nitrogens with zero attached hydrogens (tertiary/aromatic N) is 2. The highest BCUT2D eigenvalue weighted by atomic mass is 15.0. The summed E-state index contributed by atoms with van der Waals surface area (Å²) in [5.74, 6) is 0.450. The SMILES string of the molecule is CC1CC=Cc2cccc(-n3c4ccccc4c4cc(-c5ccc(Nc6ccc7ccccc7c6)c(-c6ccc7c(c6)c6ccccc6n7-c6ccccc6)c5)ccc43)c21. The number of para-hydroxylation sites is 3. The molecule has 0 spiro atoms. The molecule has 1 atom stereocenters. The Balaban J connectivity index is 1.04. The van der Waals surface area contributed by atoms with Crippen molar-refractivity contribution in [1.29, 1.82) is 0 Å². The maximum absolute atomic E-state index is 3.85. The second-order valence-corrected chi connectivity index (χ2v) is 16.3. The van der Waals surface area contributed by atoms with Crippen LogP contribution >= 0.6 is 0 Å². The minimum atomic E-state index is 0.450. The van der Waals surface area contributed by atoms with Gasteiger partial charge in [0.2, 0.25) is 0 Å². The lowest BCUT2D eigenvalue weighted by atomic mass is 9.87. The quantitative estimate of drug-likeness (QED) is 0.179. The molecule has 11 aromatic rings. The first-order chi connectivity index (χ1) is 29.7. The van der Waals surface area contributed by atoms with Crippen LogP contribution in [0.25, 0.3) is 94.1 Å². The number of anilines is 2. The zero-order chi connectivity index (χ0) is 39.7. The van der Waals surface area contributed by atoms with Crippen molar-refractivity contribution in [3.8, 4) is 33.6 Å². The highest BCUT2D eigenvalue weighted by Gasteiger charge is 2.22. The van der Waals surface area contributed by atoms with Gasteiger partial charge in [-0.25, -0.2) is 0 Å². The molecule has 3 nitrogen and oxygen atoms in total. The average molecular weight is 768 g/mol. The fourth-order valence-electron chi connectivity index (χ4n) is 9.87. The number of nitrogens with one attached hydrogen (secondary N) is 1. The molecule has 1 unspecified atom stereocenters. The van der Waals surface area contributed by atoms with Crippen LogP contribution in [0.5, 0.6) is 0 Å². The van der Waals surface area contributed by atoms with Crippen LogP contribution in [-0.4, -0.2) is 9.13 Å². The number of hydrogen-bond donors (Lipinski definition) is 1. The Morgan fingerprint density at radius 1 is 0.467 bits per heavy atom. The van der Waals surface area contributed by atoms with Gasteiger partial charge in [-0.05, 0) is 130 Å². The van der Waals surface area contributed by atoms with Gasteiger partial charge in [0.25, 0.3) is 0 Å². The number of hydrogen-bond acceptors (Lipinski definition) is 1. The monoisotopic (exact) mass is 767 g/mol. The molecule has 0 bridgehead atoms. The van der Waals surface area contributed by atoms with E-state index in [1.165, 1.54) is 87.9 Å². The van der Waals surface area contributed by atoms with Crippen LogP contribution < -0.4 is 5.32 Å². The van der Waals surface area contributed by atoms with Gasteiger partial charge in [0.15, 0.2) is 0 Å². The molecular formula is C57H41N3. The topological polar surface area (TPSA) is 21.9 Å². The third-order valence-corrected chi connectivity index (χ3v) is 12.7. The fourth-order valence-corrected chi connectivity index (χ4v) is 9.87. The third-order valence-electron chi connectivity index (χ3n) is 12.7. The van der Waals surface area contributed by atoms with Crippen molar-refractivity contribution in [3.63, 3.8) is 0 Å². The lowest BCUT2D eigenvalue weighted by molar-refractivity contribution is 0.764. The molecule has 0 saturated heterocycles. The summed E-state index contributed by atoms with van der Waals surface area (Å²) in [6, 6.07) is 71.2. The van der Waals surface area contributed by atoms with Crippen molar-refractivity contribution in [2.75, 3.05) is 5.32 Å². The van der Waals surface area contributed by atoms with Crippen LogP contribution in [0.15, 0.2) is 200 Å². The number of rotatable bonds is 6. The van der Waals surface area contributed by atoms with Gasteiger partial charge in [-0.15, -0.1) is 0 Å². The van der Waals surface area contributed by atoms with Crippen molar-refractivity contribution in [1.82, 2.24) is 9.13 Å². The second kappa shape index (κ2) is 13.8. The molecule has 0 saturated carbocycles. The first kappa shape index (κ1) is 34.4. The summed E-state index contributed by atoms with van der Waals surface area (Å²) in [6.45, 7) is 2.35. The summed E-state index contributed by atoms with van der Waals surface area (Å²) in [4.78, 5) is 0. The molecule has 2 aromatic heterocycles. The van der Waals surface area contributed by atoms with Crippen LogP contribution in [0.3, 0.4) is 0 Å². The van der Waals surface area contributed by atoms with Crippen LogP contribution in [0, 0.1) is 0 Å². The maximum atomic E-state index is 3.85. The minimum absolute atomic E-state index is 0.450. The third kappa shape index (κ3) is 5.51. The average Bonchev–Trinajstić information content (AvgIpc) is 3.81. The Labute approximate surface area is 349 Å². The molecule has 1 N–H and O–H groups in total. The summed E-state index contributed by atoms with van der Waals surface area (Å²) in [5, 5.41) is 11.3. The van der Waals surface area contributed by atoms with Gasteiger partial charge < -0.3 is 14.5 Å². The Bertz CT molecular complexity index is 3510. The predicted molar refractivity (Wildman–Crippen MR) is 255 cm³/mol. The van der Waals surface area contributed by atoms with Crippen LogP contribution in [0.4, 0.5) is 11.4 Å². The number of aromatic nitrogens is 2. The molecule has 2 heterocycles. The number of fused-ring (bicyclic) bond motifs is 8. The Hall–Kier alpha value is -7.62. The molecule has 1 aliphatic carbocycles. The molecule has 0 aliphatic heterocycles. The van der Waals surface area contributed by atoms with E-state index in [0.29, 0.717) is 5.92 Å². The van der Waals surface area contributed by atoms with E-state index in [-0.39, 0.29) is 0 Å².